The molecule has 2 rings (SSSR count). The van der Waals surface area contributed by atoms with Gasteiger partial charge in [-0.05, 0) is 24.3 Å². The smallest absolute Gasteiger partial charge is 0.417 e. The second-order valence-electron chi connectivity index (χ2n) is 4.74. The molecule has 25 heavy (non-hydrogen) atoms. The van der Waals surface area contributed by atoms with Crippen LogP contribution in [0.5, 0.6) is 5.75 Å². The molecule has 0 unspecified atom stereocenters. The number of nitrogens with one attached hydrogen (secondary N) is 1. The molecule has 0 spiro atoms. The van der Waals surface area contributed by atoms with Gasteiger partial charge in [-0.1, -0.05) is 41.4 Å². The Hall–Kier alpha value is -2.25. The third kappa shape index (κ3) is 5.65. The first-order valence-electron chi connectivity index (χ1n) is 6.83. The lowest BCUT2D eigenvalue weighted by atomic mass is 10.1. The third-order valence-electron chi connectivity index (χ3n) is 2.91. The summed E-state index contributed by atoms with van der Waals surface area (Å²) in [4.78, 5) is 11.6. The molecule has 9 heteroatoms. The van der Waals surface area contributed by atoms with Crippen LogP contribution >= 0.6 is 23.2 Å². The molecule has 0 bridgehead atoms. The van der Waals surface area contributed by atoms with Gasteiger partial charge in [0.2, 0.25) is 0 Å². The summed E-state index contributed by atoms with van der Waals surface area (Å²) >= 11 is 11.6. The van der Waals surface area contributed by atoms with Gasteiger partial charge < -0.3 is 4.74 Å². The molecular formula is C16H11Cl2F3N2O2. The Labute approximate surface area is 151 Å². The molecule has 2 aromatic rings. The molecule has 1 amide bonds. The van der Waals surface area contributed by atoms with Crippen molar-refractivity contribution in [3.8, 4) is 5.75 Å². The third-order valence-corrected chi connectivity index (χ3v) is 3.44. The van der Waals surface area contributed by atoms with Crippen LogP contribution < -0.4 is 10.2 Å². The van der Waals surface area contributed by atoms with Crippen molar-refractivity contribution < 1.29 is 22.7 Å². The minimum absolute atomic E-state index is 0.169. The summed E-state index contributed by atoms with van der Waals surface area (Å²) in [6, 6.07) is 9.33. The predicted octanol–water partition coefficient (Wildman–Crippen LogP) is 4.54. The Morgan fingerprint density at radius 1 is 1.20 bits per heavy atom. The molecule has 0 heterocycles. The molecule has 0 fully saturated rings. The highest BCUT2D eigenvalue weighted by Crippen LogP contribution is 2.31. The molecule has 0 saturated heterocycles. The number of amides is 1. The number of nitrogens with zero attached hydrogens (tertiary/aromatic N) is 1. The Morgan fingerprint density at radius 2 is 1.92 bits per heavy atom. The molecule has 0 aliphatic rings. The lowest BCUT2D eigenvalue weighted by Crippen LogP contribution is -2.24. The van der Waals surface area contributed by atoms with Gasteiger partial charge >= 0.3 is 6.18 Å². The monoisotopic (exact) mass is 390 g/mol. The number of halogens is 5. The number of hydrazone groups is 1. The summed E-state index contributed by atoms with van der Waals surface area (Å²) < 4.78 is 43.6. The van der Waals surface area contributed by atoms with E-state index in [-0.39, 0.29) is 16.3 Å². The Kier molecular flexibility index (Phi) is 6.27. The van der Waals surface area contributed by atoms with E-state index in [1.165, 1.54) is 36.4 Å². The molecule has 0 atom stereocenters. The number of ether oxygens (including phenoxy) is 1. The lowest BCUT2D eigenvalue weighted by Gasteiger charge is -2.09. The van der Waals surface area contributed by atoms with Gasteiger partial charge in [-0.3, -0.25) is 4.79 Å². The van der Waals surface area contributed by atoms with E-state index in [9.17, 15) is 18.0 Å². The van der Waals surface area contributed by atoms with E-state index in [0.29, 0.717) is 5.02 Å². The summed E-state index contributed by atoms with van der Waals surface area (Å²) in [5.74, 6) is -0.417. The maximum atomic E-state index is 12.8. The van der Waals surface area contributed by atoms with Crippen molar-refractivity contribution in [3.05, 3.63) is 63.6 Å². The predicted molar refractivity (Wildman–Crippen MR) is 89.1 cm³/mol. The largest absolute Gasteiger partial charge is 0.482 e. The summed E-state index contributed by atoms with van der Waals surface area (Å²) in [6.45, 7) is -0.417. The van der Waals surface area contributed by atoms with Crippen molar-refractivity contribution >= 4 is 35.3 Å². The molecule has 0 aliphatic heterocycles. The first-order chi connectivity index (χ1) is 11.8. The van der Waals surface area contributed by atoms with Crippen LogP contribution in [0.2, 0.25) is 10.0 Å². The van der Waals surface area contributed by atoms with E-state index in [2.05, 4.69) is 10.5 Å². The summed E-state index contributed by atoms with van der Waals surface area (Å²) in [6.07, 6.45) is -3.60. The molecule has 4 nitrogen and oxygen atoms in total. The second-order valence-corrected chi connectivity index (χ2v) is 5.59. The van der Waals surface area contributed by atoms with Crippen molar-refractivity contribution in [2.45, 2.75) is 6.18 Å². The number of carbonyl (C=O) groups excluding carboxylic acids is 1. The number of rotatable bonds is 5. The van der Waals surface area contributed by atoms with Gasteiger partial charge in [0.1, 0.15) is 5.75 Å². The minimum atomic E-state index is -4.51. The van der Waals surface area contributed by atoms with Crippen LogP contribution in [0, 0.1) is 0 Å². The van der Waals surface area contributed by atoms with Gasteiger partial charge in [-0.15, -0.1) is 0 Å². The van der Waals surface area contributed by atoms with Crippen LogP contribution in [0.3, 0.4) is 0 Å². The van der Waals surface area contributed by atoms with Crippen LogP contribution in [0.1, 0.15) is 11.1 Å². The maximum Gasteiger partial charge on any atom is 0.417 e. The first-order valence-corrected chi connectivity index (χ1v) is 7.59. The fourth-order valence-corrected chi connectivity index (χ4v) is 2.27. The van der Waals surface area contributed by atoms with E-state index in [0.717, 1.165) is 12.3 Å². The molecular weight excluding hydrogens is 380 g/mol. The quantitative estimate of drug-likeness (QED) is 0.601. The maximum absolute atomic E-state index is 12.8. The number of hydrogen-bond donors (Lipinski definition) is 1. The Bertz CT molecular complexity index is 795. The molecule has 0 aromatic heterocycles. The van der Waals surface area contributed by atoms with E-state index in [4.69, 9.17) is 27.9 Å². The van der Waals surface area contributed by atoms with Crippen molar-refractivity contribution in [1.82, 2.24) is 5.43 Å². The summed E-state index contributed by atoms with van der Waals surface area (Å²) in [7, 11) is 0. The number of benzene rings is 2. The second kappa shape index (κ2) is 8.22. The fraction of sp³-hybridized carbons (Fsp3) is 0.125. The normalized spacial score (nSPS) is 11.6. The highest BCUT2D eigenvalue weighted by atomic mass is 35.5. The molecule has 2 aromatic carbocycles. The number of carbonyl (C=O) groups is 1. The van der Waals surface area contributed by atoms with Crippen molar-refractivity contribution in [1.29, 1.82) is 0 Å². The van der Waals surface area contributed by atoms with Crippen LogP contribution in [0.4, 0.5) is 13.2 Å². The minimum Gasteiger partial charge on any atom is -0.482 e. The van der Waals surface area contributed by atoms with Crippen molar-refractivity contribution in [3.63, 3.8) is 0 Å². The topological polar surface area (TPSA) is 50.7 Å². The van der Waals surface area contributed by atoms with Crippen molar-refractivity contribution in [2.24, 2.45) is 5.10 Å². The zero-order chi connectivity index (χ0) is 18.4. The molecule has 132 valence electrons. The van der Waals surface area contributed by atoms with Gasteiger partial charge in [0, 0.05) is 10.6 Å². The summed E-state index contributed by atoms with van der Waals surface area (Å²) in [5.41, 5.74) is 1.06. The summed E-state index contributed by atoms with van der Waals surface area (Å²) in [5, 5.41) is 4.14. The van der Waals surface area contributed by atoms with Gasteiger partial charge in [0.15, 0.2) is 6.61 Å². The zero-order valence-electron chi connectivity index (χ0n) is 12.5. The Balaban J connectivity index is 1.93. The van der Waals surface area contributed by atoms with Crippen molar-refractivity contribution in [2.75, 3.05) is 6.61 Å². The standard InChI is InChI=1S/C16H11Cl2F3N2O2/c17-11-5-6-14(13(18)7-11)25-9-15(24)23-22-8-10-3-1-2-4-12(10)16(19,20)21/h1-8H,9H2,(H,23,24). The van der Waals surface area contributed by atoms with E-state index >= 15 is 0 Å². The highest BCUT2D eigenvalue weighted by molar-refractivity contribution is 6.35. The average Bonchev–Trinajstić information content (AvgIpc) is 2.53. The van der Waals surface area contributed by atoms with Crippen LogP contribution in [-0.4, -0.2) is 18.7 Å². The molecule has 0 saturated carbocycles. The highest BCUT2D eigenvalue weighted by Gasteiger charge is 2.32. The molecule has 1 N–H and O–H groups in total. The van der Waals surface area contributed by atoms with E-state index in [1.54, 1.807) is 0 Å². The van der Waals surface area contributed by atoms with Gasteiger partial charge in [0.05, 0.1) is 16.8 Å². The van der Waals surface area contributed by atoms with Gasteiger partial charge in [0.25, 0.3) is 5.91 Å². The van der Waals surface area contributed by atoms with Gasteiger partial charge in [-0.25, -0.2) is 5.43 Å². The van der Waals surface area contributed by atoms with E-state index in [1.807, 2.05) is 0 Å². The average molecular weight is 391 g/mol. The van der Waals surface area contributed by atoms with Crippen LogP contribution in [-0.2, 0) is 11.0 Å². The SMILES string of the molecule is O=C(COc1ccc(Cl)cc1Cl)NN=Cc1ccccc1C(F)(F)F. The lowest BCUT2D eigenvalue weighted by molar-refractivity contribution is -0.137. The van der Waals surface area contributed by atoms with E-state index < -0.39 is 24.3 Å². The fourth-order valence-electron chi connectivity index (χ4n) is 1.81. The number of alkyl halides is 3. The van der Waals surface area contributed by atoms with Crippen LogP contribution in [0.25, 0.3) is 0 Å². The zero-order valence-corrected chi connectivity index (χ0v) is 14.0. The molecule has 0 aliphatic carbocycles. The first kappa shape index (κ1) is 19.1. The molecule has 0 radical (unpaired) electrons. The van der Waals surface area contributed by atoms with Gasteiger partial charge in [-0.2, -0.15) is 18.3 Å². The number of hydrogen-bond acceptors (Lipinski definition) is 3. The van der Waals surface area contributed by atoms with Crippen LogP contribution in [0.15, 0.2) is 47.6 Å². The Morgan fingerprint density at radius 3 is 2.60 bits per heavy atom.